The first kappa shape index (κ1) is 32.7. The van der Waals surface area contributed by atoms with Crippen LogP contribution in [0.3, 0.4) is 0 Å². The zero-order valence-electron chi connectivity index (χ0n) is 23.7. The quantitative estimate of drug-likeness (QED) is 0.213. The normalized spacial score (nSPS) is 14.4. The average molecular weight is 665 g/mol. The van der Waals surface area contributed by atoms with Crippen molar-refractivity contribution in [2.75, 3.05) is 54.9 Å². The van der Waals surface area contributed by atoms with E-state index >= 15 is 0 Å². The molecule has 38 heavy (non-hydrogen) atoms. The van der Waals surface area contributed by atoms with E-state index in [2.05, 4.69) is 0 Å². The summed E-state index contributed by atoms with van der Waals surface area (Å²) in [6.07, 6.45) is -0.415. The molecule has 2 aromatic carbocycles. The Kier molecular flexibility index (Phi) is 15.5. The fourth-order valence-corrected chi connectivity index (χ4v) is 11.0. The summed E-state index contributed by atoms with van der Waals surface area (Å²) in [5.74, 6) is 3.22. The standard InChI is InChI=1S/C28H42O8Se2/c1-19(15-29-5)33-23-11-9-12-24(34-20(2)16-30-6)27(23)37-38-28-25(35-21(3)17-31-7)13-10-14-26(28)36-22(4)18-32-8/h9-14,19-22H,15-18H2,1-8H3/t19-,20-,21-,22-/m1/s1. The molecule has 214 valence electrons. The number of rotatable bonds is 19. The molecule has 0 bridgehead atoms. The molecule has 0 spiro atoms. The van der Waals surface area contributed by atoms with Crippen molar-refractivity contribution in [3.63, 3.8) is 0 Å². The Morgan fingerprint density at radius 1 is 0.474 bits per heavy atom. The predicted octanol–water partition coefficient (Wildman–Crippen LogP) is 2.62. The molecule has 0 heterocycles. The van der Waals surface area contributed by atoms with E-state index in [0.29, 0.717) is 26.4 Å². The van der Waals surface area contributed by atoms with E-state index in [1.54, 1.807) is 28.4 Å². The third kappa shape index (κ3) is 10.9. The van der Waals surface area contributed by atoms with Crippen LogP contribution in [-0.4, -0.2) is 106 Å². The Labute approximate surface area is 238 Å². The topological polar surface area (TPSA) is 73.8 Å². The van der Waals surface area contributed by atoms with Gasteiger partial charge in [0.15, 0.2) is 0 Å². The van der Waals surface area contributed by atoms with Crippen molar-refractivity contribution in [3.8, 4) is 23.0 Å². The summed E-state index contributed by atoms with van der Waals surface area (Å²) in [4.78, 5) is 0. The van der Waals surface area contributed by atoms with Crippen LogP contribution < -0.4 is 27.9 Å². The van der Waals surface area contributed by atoms with Gasteiger partial charge in [0.25, 0.3) is 0 Å². The van der Waals surface area contributed by atoms with Crippen molar-refractivity contribution in [2.45, 2.75) is 52.1 Å². The van der Waals surface area contributed by atoms with Crippen LogP contribution in [0.1, 0.15) is 27.7 Å². The fraction of sp³-hybridized carbons (Fsp3) is 0.571. The van der Waals surface area contributed by atoms with Gasteiger partial charge in [-0.2, -0.15) is 0 Å². The van der Waals surface area contributed by atoms with Gasteiger partial charge < -0.3 is 0 Å². The van der Waals surface area contributed by atoms with Crippen LogP contribution in [0.15, 0.2) is 36.4 Å². The van der Waals surface area contributed by atoms with Gasteiger partial charge in [0.1, 0.15) is 0 Å². The number of hydrogen-bond acceptors (Lipinski definition) is 8. The predicted molar refractivity (Wildman–Crippen MR) is 152 cm³/mol. The van der Waals surface area contributed by atoms with Crippen molar-refractivity contribution in [1.82, 2.24) is 0 Å². The SMILES string of the molecule is COC[C@@H](C)Oc1cccc(O[C@H](C)COC)c1[Se][Se]c1c(O[C@H](C)COC)cccc1O[C@H](C)COC. The Hall–Kier alpha value is -1.48. The first-order chi connectivity index (χ1) is 18.3. The number of ether oxygens (including phenoxy) is 8. The Balaban J connectivity index is 2.44. The molecule has 4 atom stereocenters. The van der Waals surface area contributed by atoms with Gasteiger partial charge in [0, 0.05) is 0 Å². The van der Waals surface area contributed by atoms with Crippen LogP contribution in [0.5, 0.6) is 23.0 Å². The maximum absolute atomic E-state index is 6.30. The van der Waals surface area contributed by atoms with Gasteiger partial charge in [-0.05, 0) is 0 Å². The van der Waals surface area contributed by atoms with Crippen molar-refractivity contribution in [2.24, 2.45) is 0 Å². The molecular formula is C28H42O8Se2. The van der Waals surface area contributed by atoms with Gasteiger partial charge in [-0.3, -0.25) is 0 Å². The molecule has 0 amide bonds. The van der Waals surface area contributed by atoms with Crippen molar-refractivity contribution in [1.29, 1.82) is 0 Å². The van der Waals surface area contributed by atoms with E-state index < -0.39 is 0 Å². The number of methoxy groups -OCH3 is 4. The molecule has 2 aromatic rings. The van der Waals surface area contributed by atoms with Crippen LogP contribution in [0.25, 0.3) is 0 Å². The minimum atomic E-state index is -0.104. The molecule has 10 heteroatoms. The summed E-state index contributed by atoms with van der Waals surface area (Å²) >= 11 is -0.0455. The fourth-order valence-electron chi connectivity index (χ4n) is 3.55. The summed E-state index contributed by atoms with van der Waals surface area (Å²) < 4.78 is 48.5. The van der Waals surface area contributed by atoms with Gasteiger partial charge >= 0.3 is 239 Å². The summed E-state index contributed by atoms with van der Waals surface area (Å²) in [7, 11) is 6.70. The molecule has 0 N–H and O–H groups in total. The zero-order valence-corrected chi connectivity index (χ0v) is 27.1. The Bertz CT molecular complexity index is 805. The second kappa shape index (κ2) is 18.0. The van der Waals surface area contributed by atoms with E-state index in [9.17, 15) is 0 Å². The van der Waals surface area contributed by atoms with Crippen LogP contribution in [0.4, 0.5) is 0 Å². The van der Waals surface area contributed by atoms with Gasteiger partial charge in [0.2, 0.25) is 0 Å². The summed E-state index contributed by atoms with van der Waals surface area (Å²) in [5, 5.41) is 0. The molecule has 0 aliphatic heterocycles. The third-order valence-corrected chi connectivity index (χ3v) is 12.1. The van der Waals surface area contributed by atoms with E-state index in [1.807, 2.05) is 64.1 Å². The maximum atomic E-state index is 6.30. The molecule has 0 saturated carbocycles. The van der Waals surface area contributed by atoms with Gasteiger partial charge in [-0.1, -0.05) is 0 Å². The van der Waals surface area contributed by atoms with Crippen LogP contribution >= 0.6 is 0 Å². The molecular weight excluding hydrogens is 622 g/mol. The molecule has 0 fully saturated rings. The second-order valence-electron chi connectivity index (χ2n) is 8.87. The number of benzene rings is 2. The van der Waals surface area contributed by atoms with Crippen molar-refractivity contribution in [3.05, 3.63) is 36.4 Å². The molecule has 0 saturated heterocycles. The Morgan fingerprint density at radius 2 is 0.711 bits per heavy atom. The summed E-state index contributed by atoms with van der Waals surface area (Å²) in [6, 6.07) is 11.9. The third-order valence-electron chi connectivity index (χ3n) is 5.01. The minimum absolute atomic E-state index is 0.0227. The van der Waals surface area contributed by atoms with Gasteiger partial charge in [-0.15, -0.1) is 0 Å². The number of hydrogen-bond donors (Lipinski definition) is 0. The van der Waals surface area contributed by atoms with Crippen LogP contribution in [-0.2, 0) is 18.9 Å². The monoisotopic (exact) mass is 666 g/mol. The van der Waals surface area contributed by atoms with Gasteiger partial charge in [0.05, 0.1) is 0 Å². The first-order valence-electron chi connectivity index (χ1n) is 12.6. The molecule has 0 aliphatic carbocycles. The summed E-state index contributed by atoms with van der Waals surface area (Å²) in [6.45, 7) is 9.95. The molecule has 0 radical (unpaired) electrons. The first-order valence-corrected chi connectivity index (χ1v) is 18.6. The van der Waals surface area contributed by atoms with E-state index in [-0.39, 0.29) is 50.7 Å². The molecule has 0 unspecified atom stereocenters. The Morgan fingerprint density at radius 3 is 0.921 bits per heavy atom. The molecule has 0 aliphatic rings. The van der Waals surface area contributed by atoms with E-state index in [1.165, 1.54) is 0 Å². The molecule has 8 nitrogen and oxygen atoms in total. The average Bonchev–Trinajstić information content (AvgIpc) is 2.85. The second-order valence-corrected chi connectivity index (χ2v) is 14.9. The molecule has 2 rings (SSSR count). The van der Waals surface area contributed by atoms with Crippen LogP contribution in [0.2, 0.25) is 0 Å². The van der Waals surface area contributed by atoms with Crippen molar-refractivity contribution >= 4 is 35.2 Å². The van der Waals surface area contributed by atoms with Crippen molar-refractivity contribution < 1.29 is 37.9 Å². The van der Waals surface area contributed by atoms with Crippen LogP contribution in [0, 0.1) is 0 Å². The zero-order chi connectivity index (χ0) is 27.9. The van der Waals surface area contributed by atoms with E-state index in [4.69, 9.17) is 37.9 Å². The van der Waals surface area contributed by atoms with E-state index in [0.717, 1.165) is 31.9 Å². The molecule has 0 aromatic heterocycles. The van der Waals surface area contributed by atoms with Gasteiger partial charge in [-0.25, -0.2) is 0 Å². The summed E-state index contributed by atoms with van der Waals surface area (Å²) in [5.41, 5.74) is 0.